The number of furan rings is 1. The molecule has 2 aromatic rings. The Morgan fingerprint density at radius 1 is 1.23 bits per heavy atom. The summed E-state index contributed by atoms with van der Waals surface area (Å²) < 4.78 is 61.9. The van der Waals surface area contributed by atoms with Crippen LogP contribution in [-0.4, -0.2) is 45.3 Å². The molecule has 0 amide bonds. The molecule has 1 atom stereocenters. The maximum absolute atomic E-state index is 13.2. The van der Waals surface area contributed by atoms with E-state index in [1.54, 1.807) is 24.3 Å². The third kappa shape index (κ3) is 4.11. The van der Waals surface area contributed by atoms with Crippen LogP contribution in [0.5, 0.6) is 5.75 Å². The Balaban J connectivity index is 1.93. The maximum Gasteiger partial charge on any atom is 0.243 e. The molecule has 1 aromatic carbocycles. The van der Waals surface area contributed by atoms with Gasteiger partial charge in [-0.1, -0.05) is 0 Å². The van der Waals surface area contributed by atoms with Crippen molar-refractivity contribution in [3.8, 4) is 5.75 Å². The maximum atomic E-state index is 13.2. The zero-order valence-electron chi connectivity index (χ0n) is 14.4. The van der Waals surface area contributed by atoms with E-state index < -0.39 is 25.9 Å². The van der Waals surface area contributed by atoms with Crippen LogP contribution in [-0.2, 0) is 26.4 Å². The van der Waals surface area contributed by atoms with Gasteiger partial charge in [0, 0.05) is 6.04 Å². The Hall–Kier alpha value is -1.84. The molecule has 26 heavy (non-hydrogen) atoms. The summed E-state index contributed by atoms with van der Waals surface area (Å²) in [6, 6.07) is 8.85. The molecule has 1 aliphatic rings. The van der Waals surface area contributed by atoms with E-state index in [0.29, 0.717) is 18.1 Å². The fourth-order valence-corrected chi connectivity index (χ4v) is 6.42. The van der Waals surface area contributed by atoms with Gasteiger partial charge in [0.15, 0.2) is 9.84 Å². The highest BCUT2D eigenvalue weighted by Crippen LogP contribution is 2.28. The van der Waals surface area contributed by atoms with E-state index in [9.17, 15) is 16.8 Å². The summed E-state index contributed by atoms with van der Waals surface area (Å²) >= 11 is 0. The Bertz CT molecular complexity index is 934. The molecular weight excluding hydrogens is 378 g/mol. The fraction of sp³-hybridized carbons (Fsp3) is 0.412. The molecule has 0 bridgehead atoms. The monoisotopic (exact) mass is 399 g/mol. The molecule has 142 valence electrons. The lowest BCUT2D eigenvalue weighted by molar-refractivity contribution is 0.306. The molecule has 0 unspecified atom stereocenters. The number of ether oxygens (including phenoxy) is 1. The van der Waals surface area contributed by atoms with Crippen LogP contribution >= 0.6 is 0 Å². The van der Waals surface area contributed by atoms with Gasteiger partial charge in [0.2, 0.25) is 10.0 Å². The minimum atomic E-state index is -3.89. The van der Waals surface area contributed by atoms with Gasteiger partial charge in [-0.3, -0.25) is 0 Å². The second-order valence-corrected chi connectivity index (χ2v) is 10.2. The predicted octanol–water partition coefficient (Wildman–Crippen LogP) is 2.06. The lowest BCUT2D eigenvalue weighted by atomic mass is 10.2. The largest absolute Gasteiger partial charge is 0.494 e. The van der Waals surface area contributed by atoms with Crippen molar-refractivity contribution in [3.63, 3.8) is 0 Å². The first-order valence-corrected chi connectivity index (χ1v) is 11.6. The average Bonchev–Trinajstić information content (AvgIpc) is 3.22. The Morgan fingerprint density at radius 2 is 1.96 bits per heavy atom. The highest BCUT2D eigenvalue weighted by molar-refractivity contribution is 7.92. The van der Waals surface area contributed by atoms with Crippen molar-refractivity contribution in [1.82, 2.24) is 4.31 Å². The molecule has 1 aromatic heterocycles. The number of hydrogen-bond acceptors (Lipinski definition) is 6. The second-order valence-electron chi connectivity index (χ2n) is 6.09. The van der Waals surface area contributed by atoms with Crippen LogP contribution in [0, 0.1) is 0 Å². The van der Waals surface area contributed by atoms with Crippen LogP contribution in [0.15, 0.2) is 52.0 Å². The van der Waals surface area contributed by atoms with E-state index in [0.717, 1.165) is 0 Å². The number of benzene rings is 1. The Labute approximate surface area is 153 Å². The predicted molar refractivity (Wildman–Crippen MR) is 96.1 cm³/mol. The van der Waals surface area contributed by atoms with E-state index in [1.807, 2.05) is 6.92 Å². The first-order valence-electron chi connectivity index (χ1n) is 8.29. The zero-order chi connectivity index (χ0) is 18.8. The number of hydrogen-bond donors (Lipinski definition) is 0. The molecular formula is C17H21NO6S2. The van der Waals surface area contributed by atoms with Crippen LogP contribution in [0.2, 0.25) is 0 Å². The highest BCUT2D eigenvalue weighted by atomic mass is 32.2. The van der Waals surface area contributed by atoms with Crippen molar-refractivity contribution in [2.45, 2.75) is 30.8 Å². The molecule has 9 heteroatoms. The topological polar surface area (TPSA) is 93.9 Å². The van der Waals surface area contributed by atoms with Crippen LogP contribution < -0.4 is 4.74 Å². The molecule has 7 nitrogen and oxygen atoms in total. The standard InChI is InChI=1S/C17H21NO6S2/c1-2-23-15-5-7-17(8-6-15)26(21,22)18(12-16-4-3-10-24-16)14-9-11-25(19,20)13-14/h3-8,10,14H,2,9,11-13H2,1H3/t14-/m0/s1. The molecule has 0 spiro atoms. The minimum Gasteiger partial charge on any atom is -0.494 e. The van der Waals surface area contributed by atoms with Crippen LogP contribution in [0.1, 0.15) is 19.1 Å². The van der Waals surface area contributed by atoms with Gasteiger partial charge in [-0.25, -0.2) is 16.8 Å². The first-order chi connectivity index (χ1) is 12.3. The summed E-state index contributed by atoms with van der Waals surface area (Å²) in [6.07, 6.45) is 1.74. The molecule has 1 aliphatic heterocycles. The SMILES string of the molecule is CCOc1ccc(S(=O)(=O)N(Cc2ccco2)[C@H]2CCS(=O)(=O)C2)cc1. The summed E-state index contributed by atoms with van der Waals surface area (Å²) in [5.41, 5.74) is 0. The average molecular weight is 399 g/mol. The molecule has 1 fully saturated rings. The minimum absolute atomic E-state index is 0.00881. The molecule has 0 radical (unpaired) electrons. The normalized spacial score (nSPS) is 19.7. The third-order valence-electron chi connectivity index (χ3n) is 4.25. The Kier molecular flexibility index (Phi) is 5.40. The molecule has 0 saturated carbocycles. The van der Waals surface area contributed by atoms with Gasteiger partial charge in [-0.2, -0.15) is 4.31 Å². The van der Waals surface area contributed by atoms with Crippen molar-refractivity contribution in [2.75, 3.05) is 18.1 Å². The zero-order valence-corrected chi connectivity index (χ0v) is 16.0. The van der Waals surface area contributed by atoms with Crippen molar-refractivity contribution >= 4 is 19.9 Å². The van der Waals surface area contributed by atoms with Gasteiger partial charge in [0.25, 0.3) is 0 Å². The third-order valence-corrected chi connectivity index (χ3v) is 7.91. The van der Waals surface area contributed by atoms with E-state index >= 15 is 0 Å². The molecule has 0 N–H and O–H groups in total. The van der Waals surface area contributed by atoms with Crippen molar-refractivity contribution in [2.24, 2.45) is 0 Å². The van der Waals surface area contributed by atoms with Gasteiger partial charge in [0.05, 0.1) is 35.8 Å². The van der Waals surface area contributed by atoms with Gasteiger partial charge in [-0.15, -0.1) is 0 Å². The van der Waals surface area contributed by atoms with E-state index in [4.69, 9.17) is 9.15 Å². The molecule has 1 saturated heterocycles. The van der Waals surface area contributed by atoms with Gasteiger partial charge >= 0.3 is 0 Å². The lowest BCUT2D eigenvalue weighted by Gasteiger charge is -2.26. The van der Waals surface area contributed by atoms with Gasteiger partial charge in [0.1, 0.15) is 11.5 Å². The van der Waals surface area contributed by atoms with Crippen molar-refractivity contribution in [1.29, 1.82) is 0 Å². The Morgan fingerprint density at radius 3 is 2.50 bits per heavy atom. The fourth-order valence-electron chi connectivity index (χ4n) is 2.98. The highest BCUT2D eigenvalue weighted by Gasteiger charge is 2.39. The number of rotatable bonds is 7. The summed E-state index contributed by atoms with van der Waals surface area (Å²) in [5, 5.41) is 0. The number of nitrogens with zero attached hydrogens (tertiary/aromatic N) is 1. The van der Waals surface area contributed by atoms with Crippen molar-refractivity contribution < 1.29 is 26.0 Å². The quantitative estimate of drug-likeness (QED) is 0.707. The molecule has 3 rings (SSSR count). The van der Waals surface area contributed by atoms with Crippen molar-refractivity contribution in [3.05, 3.63) is 48.4 Å². The first kappa shape index (κ1) is 18.9. The molecule has 0 aliphatic carbocycles. The van der Waals surface area contributed by atoms with E-state index in [1.165, 1.54) is 22.7 Å². The summed E-state index contributed by atoms with van der Waals surface area (Å²) in [5.74, 6) is 0.853. The lowest BCUT2D eigenvalue weighted by Crippen LogP contribution is -2.40. The second kappa shape index (κ2) is 7.42. The van der Waals surface area contributed by atoms with Gasteiger partial charge in [-0.05, 0) is 49.7 Å². The summed E-state index contributed by atoms with van der Waals surface area (Å²) in [7, 11) is -7.12. The van der Waals surface area contributed by atoms with E-state index in [-0.39, 0.29) is 29.4 Å². The van der Waals surface area contributed by atoms with Crippen LogP contribution in [0.3, 0.4) is 0 Å². The summed E-state index contributed by atoms with van der Waals surface area (Å²) in [4.78, 5) is 0.0943. The number of sulfone groups is 1. The van der Waals surface area contributed by atoms with Gasteiger partial charge < -0.3 is 9.15 Å². The number of sulfonamides is 1. The smallest absolute Gasteiger partial charge is 0.243 e. The van der Waals surface area contributed by atoms with Crippen LogP contribution in [0.4, 0.5) is 0 Å². The van der Waals surface area contributed by atoms with Crippen LogP contribution in [0.25, 0.3) is 0 Å². The molecule has 2 heterocycles. The van der Waals surface area contributed by atoms with E-state index in [2.05, 4.69) is 0 Å². The summed E-state index contributed by atoms with van der Waals surface area (Å²) in [6.45, 7) is 2.32.